The lowest BCUT2D eigenvalue weighted by Crippen LogP contribution is -2.28. The summed E-state index contributed by atoms with van der Waals surface area (Å²) in [6.45, 7) is 2.06. The second kappa shape index (κ2) is 6.62. The van der Waals surface area contributed by atoms with Gasteiger partial charge in [0, 0.05) is 15.9 Å². The van der Waals surface area contributed by atoms with Crippen molar-refractivity contribution in [3.8, 4) is 11.1 Å². The summed E-state index contributed by atoms with van der Waals surface area (Å²) in [6.07, 6.45) is 0.838. The van der Waals surface area contributed by atoms with E-state index in [1.54, 1.807) is 0 Å². The summed E-state index contributed by atoms with van der Waals surface area (Å²) >= 11 is 0. The van der Waals surface area contributed by atoms with Gasteiger partial charge < -0.3 is 4.57 Å². The van der Waals surface area contributed by atoms with Crippen LogP contribution in [-0.4, -0.2) is 0 Å². The molecule has 2 heteroatoms. The molecule has 4 aromatic rings. The number of aryl methyl sites for hydroxylation is 1. The molecule has 1 atom stereocenters. The maximum Gasteiger partial charge on any atom is 0.171 e. The minimum atomic E-state index is -2.98. The summed E-state index contributed by atoms with van der Waals surface area (Å²) < 4.78 is 14.9. The highest BCUT2D eigenvalue weighted by atomic mass is 31.2. The van der Waals surface area contributed by atoms with Crippen LogP contribution in [0.4, 0.5) is 0 Å². The Morgan fingerprint density at radius 1 is 0.643 bits per heavy atom. The van der Waals surface area contributed by atoms with Crippen molar-refractivity contribution in [1.29, 1.82) is 0 Å². The van der Waals surface area contributed by atoms with Gasteiger partial charge in [0.1, 0.15) is 0 Å². The Hall–Kier alpha value is -2.89. The van der Waals surface area contributed by atoms with E-state index < -0.39 is 7.14 Å². The van der Waals surface area contributed by atoms with Crippen LogP contribution in [0, 0.1) is 6.92 Å². The molecule has 4 aromatic carbocycles. The SMILES string of the molecule is Cc1ccccc1P(=O)(c1ccccc1)c1cccc2c1Cc1ccccc1-2. The highest BCUT2D eigenvalue weighted by molar-refractivity contribution is 7.85. The van der Waals surface area contributed by atoms with Gasteiger partial charge in [-0.1, -0.05) is 97.1 Å². The minimum Gasteiger partial charge on any atom is -0.309 e. The molecule has 0 saturated heterocycles. The minimum absolute atomic E-state index is 0.838. The predicted octanol–water partition coefficient (Wildman–Crippen LogP) is 5.21. The molecule has 0 heterocycles. The summed E-state index contributed by atoms with van der Waals surface area (Å²) in [5.74, 6) is 0. The molecule has 0 N–H and O–H groups in total. The fourth-order valence-electron chi connectivity index (χ4n) is 4.40. The number of benzene rings is 4. The van der Waals surface area contributed by atoms with Gasteiger partial charge in [-0.3, -0.25) is 0 Å². The summed E-state index contributed by atoms with van der Waals surface area (Å²) in [5, 5.41) is 2.81. The maximum absolute atomic E-state index is 14.9. The average Bonchev–Trinajstić information content (AvgIpc) is 3.13. The quantitative estimate of drug-likeness (QED) is 0.393. The molecule has 0 saturated carbocycles. The van der Waals surface area contributed by atoms with Gasteiger partial charge in [0.05, 0.1) is 0 Å². The normalized spacial score (nSPS) is 14.2. The van der Waals surface area contributed by atoms with Crippen LogP contribution in [0.3, 0.4) is 0 Å². The van der Waals surface area contributed by atoms with Crippen LogP contribution in [0.5, 0.6) is 0 Å². The van der Waals surface area contributed by atoms with Gasteiger partial charge >= 0.3 is 0 Å². The zero-order chi connectivity index (χ0) is 19.1. The lowest BCUT2D eigenvalue weighted by Gasteiger charge is -2.24. The first-order valence-corrected chi connectivity index (χ1v) is 11.3. The Kier molecular flexibility index (Phi) is 4.07. The molecule has 0 amide bonds. The Morgan fingerprint density at radius 3 is 2.11 bits per heavy atom. The number of hydrogen-bond donors (Lipinski definition) is 0. The van der Waals surface area contributed by atoms with Crippen molar-refractivity contribution in [2.75, 3.05) is 0 Å². The molecule has 0 bridgehead atoms. The molecule has 0 radical (unpaired) electrons. The molecule has 5 rings (SSSR count). The van der Waals surface area contributed by atoms with Gasteiger partial charge in [-0.15, -0.1) is 0 Å². The van der Waals surface area contributed by atoms with Crippen molar-refractivity contribution in [1.82, 2.24) is 0 Å². The van der Waals surface area contributed by atoms with Crippen LogP contribution < -0.4 is 15.9 Å². The van der Waals surface area contributed by atoms with E-state index in [1.165, 1.54) is 22.3 Å². The molecule has 28 heavy (non-hydrogen) atoms. The number of hydrogen-bond acceptors (Lipinski definition) is 1. The second-order valence-corrected chi connectivity index (χ2v) is 10.1. The molecule has 0 aliphatic heterocycles. The summed E-state index contributed by atoms with van der Waals surface area (Å²) in [4.78, 5) is 0. The molecule has 0 aromatic heterocycles. The fraction of sp³-hybridized carbons (Fsp3) is 0.0769. The molecule has 1 aliphatic rings. The van der Waals surface area contributed by atoms with Crippen molar-refractivity contribution in [3.63, 3.8) is 0 Å². The van der Waals surface area contributed by atoms with E-state index in [4.69, 9.17) is 0 Å². The van der Waals surface area contributed by atoms with E-state index in [9.17, 15) is 4.57 Å². The van der Waals surface area contributed by atoms with E-state index >= 15 is 0 Å². The third-order valence-electron chi connectivity index (χ3n) is 5.74. The van der Waals surface area contributed by atoms with E-state index in [0.29, 0.717) is 0 Å². The maximum atomic E-state index is 14.9. The van der Waals surface area contributed by atoms with E-state index in [2.05, 4.69) is 55.5 Å². The van der Waals surface area contributed by atoms with Crippen molar-refractivity contribution in [3.05, 3.63) is 114 Å². The second-order valence-electron chi connectivity index (χ2n) is 7.37. The smallest absolute Gasteiger partial charge is 0.171 e. The van der Waals surface area contributed by atoms with Crippen LogP contribution in [-0.2, 0) is 11.0 Å². The predicted molar refractivity (Wildman–Crippen MR) is 119 cm³/mol. The molecule has 1 aliphatic carbocycles. The molecule has 1 nitrogen and oxygen atoms in total. The van der Waals surface area contributed by atoms with Crippen LogP contribution in [0.1, 0.15) is 16.7 Å². The summed E-state index contributed by atoms with van der Waals surface area (Å²) in [5.41, 5.74) is 6.08. The van der Waals surface area contributed by atoms with Gasteiger partial charge in [0.2, 0.25) is 0 Å². The Balaban J connectivity index is 1.83. The topological polar surface area (TPSA) is 17.1 Å². The first-order chi connectivity index (χ1) is 13.7. The third kappa shape index (κ3) is 2.51. The van der Waals surface area contributed by atoms with Gasteiger partial charge in [0.25, 0.3) is 0 Å². The Bertz CT molecular complexity index is 1220. The first-order valence-electron chi connectivity index (χ1n) is 9.62. The molecular formula is C26H21OP. The van der Waals surface area contributed by atoms with E-state index in [0.717, 1.165) is 27.9 Å². The summed E-state index contributed by atoms with van der Waals surface area (Å²) in [7, 11) is -2.98. The van der Waals surface area contributed by atoms with Crippen LogP contribution >= 0.6 is 7.14 Å². The van der Waals surface area contributed by atoms with Crippen molar-refractivity contribution < 1.29 is 4.57 Å². The zero-order valence-corrected chi connectivity index (χ0v) is 16.7. The van der Waals surface area contributed by atoms with Crippen LogP contribution in [0.2, 0.25) is 0 Å². The molecule has 136 valence electrons. The van der Waals surface area contributed by atoms with Gasteiger partial charge in [-0.25, -0.2) is 0 Å². The van der Waals surface area contributed by atoms with Crippen molar-refractivity contribution >= 4 is 23.1 Å². The lowest BCUT2D eigenvalue weighted by atomic mass is 10.1. The van der Waals surface area contributed by atoms with Gasteiger partial charge in [0.15, 0.2) is 7.14 Å². The van der Waals surface area contributed by atoms with Crippen LogP contribution in [0.25, 0.3) is 11.1 Å². The molecule has 0 fully saturated rings. The largest absolute Gasteiger partial charge is 0.309 e. The standard InChI is InChI=1S/C26H21OP/c1-19-10-5-8-16-25(19)28(27,21-12-3-2-4-13-21)26-17-9-15-23-22-14-7-6-11-20(22)18-24(23)26/h2-17H,18H2,1H3. The monoisotopic (exact) mass is 380 g/mol. The van der Waals surface area contributed by atoms with Gasteiger partial charge in [-0.05, 0) is 41.2 Å². The van der Waals surface area contributed by atoms with Crippen molar-refractivity contribution in [2.45, 2.75) is 13.3 Å². The molecule has 1 unspecified atom stereocenters. The number of rotatable bonds is 3. The highest BCUT2D eigenvalue weighted by Crippen LogP contribution is 2.48. The zero-order valence-electron chi connectivity index (χ0n) is 15.8. The average molecular weight is 380 g/mol. The van der Waals surface area contributed by atoms with Crippen molar-refractivity contribution in [2.24, 2.45) is 0 Å². The lowest BCUT2D eigenvalue weighted by molar-refractivity contribution is 0.592. The third-order valence-corrected chi connectivity index (χ3v) is 9.04. The Labute approximate surface area is 166 Å². The fourth-order valence-corrected chi connectivity index (χ4v) is 7.55. The molecular weight excluding hydrogens is 359 g/mol. The number of fused-ring (bicyclic) bond motifs is 3. The Morgan fingerprint density at radius 2 is 1.29 bits per heavy atom. The van der Waals surface area contributed by atoms with Gasteiger partial charge in [-0.2, -0.15) is 0 Å². The molecule has 0 spiro atoms. The first kappa shape index (κ1) is 17.2. The highest BCUT2D eigenvalue weighted by Gasteiger charge is 2.35. The summed E-state index contributed by atoms with van der Waals surface area (Å²) in [6, 6.07) is 32.9. The van der Waals surface area contributed by atoms with E-state index in [-0.39, 0.29) is 0 Å². The van der Waals surface area contributed by atoms with E-state index in [1.807, 2.05) is 48.5 Å². The van der Waals surface area contributed by atoms with Crippen LogP contribution in [0.15, 0.2) is 97.1 Å².